The molecule has 0 amide bonds. The normalized spacial score (nSPS) is 11.1. The summed E-state index contributed by atoms with van der Waals surface area (Å²) in [5.41, 5.74) is 1.20. The zero-order chi connectivity index (χ0) is 15.1. The van der Waals surface area contributed by atoms with Crippen LogP contribution in [0.1, 0.15) is 0 Å². The molecule has 0 N–H and O–H groups in total. The average Bonchev–Trinajstić information content (AvgIpc) is 2.42. The van der Waals surface area contributed by atoms with Gasteiger partial charge in [0.2, 0.25) is 0 Å². The molecule has 3 rings (SSSR count). The van der Waals surface area contributed by atoms with Crippen molar-refractivity contribution in [2.75, 3.05) is 0 Å². The average molecular weight is 423 g/mol. The summed E-state index contributed by atoms with van der Waals surface area (Å²) in [6.45, 7) is 0. The Labute approximate surface area is 149 Å². The van der Waals surface area contributed by atoms with Gasteiger partial charge in [-0.05, 0) is 30.3 Å². The number of aromatic nitrogens is 2. The lowest BCUT2D eigenvalue weighted by Gasteiger charge is -2.08. The molecule has 0 aliphatic heterocycles. The van der Waals surface area contributed by atoms with Crippen LogP contribution >= 0.6 is 62.3 Å². The number of fused-ring (bicyclic) bond motifs is 1. The Morgan fingerprint density at radius 3 is 2.38 bits per heavy atom. The van der Waals surface area contributed by atoms with E-state index in [1.165, 1.54) is 0 Å². The molecule has 2 aromatic carbocycles. The van der Waals surface area contributed by atoms with E-state index in [1.54, 1.807) is 18.2 Å². The first-order chi connectivity index (χ1) is 9.95. The van der Waals surface area contributed by atoms with Gasteiger partial charge in [0.1, 0.15) is 5.15 Å². The number of benzene rings is 2. The van der Waals surface area contributed by atoms with Crippen molar-refractivity contribution < 1.29 is 0 Å². The van der Waals surface area contributed by atoms with Gasteiger partial charge >= 0.3 is 0 Å². The van der Waals surface area contributed by atoms with Crippen LogP contribution in [-0.4, -0.2) is 9.97 Å². The molecule has 106 valence electrons. The molecule has 3 aromatic rings. The smallest absolute Gasteiger partial charge is 0.163 e. The summed E-state index contributed by atoms with van der Waals surface area (Å²) in [6.07, 6.45) is 0. The second-order valence-corrected chi connectivity index (χ2v) is 6.77. The standard InChI is InChI=1S/C14H5BrCl4N2/c15-6-1-2-10(17)8(3-6)14-20-12-9(13(19)21-14)4-7(16)5-11(12)18/h1-5H. The summed E-state index contributed by atoms with van der Waals surface area (Å²) in [6, 6.07) is 8.70. The SMILES string of the molecule is Clc1cc(Cl)c2nc(-c3cc(Br)ccc3Cl)nc(Cl)c2c1. The second-order valence-electron chi connectivity index (χ2n) is 4.25. The highest BCUT2D eigenvalue weighted by molar-refractivity contribution is 9.10. The third kappa shape index (κ3) is 2.99. The molecule has 2 nitrogen and oxygen atoms in total. The van der Waals surface area contributed by atoms with Crippen molar-refractivity contribution in [3.8, 4) is 11.4 Å². The van der Waals surface area contributed by atoms with Gasteiger partial charge in [-0.15, -0.1) is 0 Å². The largest absolute Gasteiger partial charge is 0.226 e. The molecule has 0 radical (unpaired) electrons. The Bertz CT molecular complexity index is 867. The van der Waals surface area contributed by atoms with Gasteiger partial charge in [0, 0.05) is 20.4 Å². The lowest BCUT2D eigenvalue weighted by molar-refractivity contribution is 1.23. The van der Waals surface area contributed by atoms with Crippen LogP contribution < -0.4 is 0 Å². The van der Waals surface area contributed by atoms with Gasteiger partial charge in [0.25, 0.3) is 0 Å². The first-order valence-corrected chi connectivity index (χ1v) is 8.04. The van der Waals surface area contributed by atoms with Crippen molar-refractivity contribution in [1.29, 1.82) is 0 Å². The number of hydrogen-bond acceptors (Lipinski definition) is 2. The summed E-state index contributed by atoms with van der Waals surface area (Å²) < 4.78 is 0.865. The monoisotopic (exact) mass is 420 g/mol. The third-order valence-electron chi connectivity index (χ3n) is 2.84. The molecule has 0 unspecified atom stereocenters. The Morgan fingerprint density at radius 1 is 0.857 bits per heavy atom. The molecule has 0 aliphatic carbocycles. The number of halogens is 5. The minimum absolute atomic E-state index is 0.274. The van der Waals surface area contributed by atoms with E-state index in [4.69, 9.17) is 46.4 Å². The van der Waals surface area contributed by atoms with Crippen LogP contribution in [0.4, 0.5) is 0 Å². The predicted octanol–water partition coefficient (Wildman–Crippen LogP) is 6.67. The highest BCUT2D eigenvalue weighted by Gasteiger charge is 2.14. The Kier molecular flexibility index (Phi) is 4.30. The van der Waals surface area contributed by atoms with Crippen LogP contribution in [0.3, 0.4) is 0 Å². The van der Waals surface area contributed by atoms with Crippen molar-refractivity contribution in [2.45, 2.75) is 0 Å². The fraction of sp³-hybridized carbons (Fsp3) is 0. The van der Waals surface area contributed by atoms with Gasteiger partial charge in [0.05, 0.1) is 15.6 Å². The fourth-order valence-corrected chi connectivity index (χ4v) is 3.23. The van der Waals surface area contributed by atoms with Gasteiger partial charge in [-0.2, -0.15) is 0 Å². The summed E-state index contributed by atoms with van der Waals surface area (Å²) in [7, 11) is 0. The maximum atomic E-state index is 6.22. The van der Waals surface area contributed by atoms with Gasteiger partial charge in [-0.1, -0.05) is 62.3 Å². The summed E-state index contributed by atoms with van der Waals surface area (Å²) in [5, 5.41) is 2.29. The lowest BCUT2D eigenvalue weighted by atomic mass is 10.2. The van der Waals surface area contributed by atoms with Crippen molar-refractivity contribution in [2.24, 2.45) is 0 Å². The van der Waals surface area contributed by atoms with Gasteiger partial charge in [-0.25, -0.2) is 9.97 Å². The van der Waals surface area contributed by atoms with E-state index in [0.29, 0.717) is 37.4 Å². The molecule has 0 bridgehead atoms. The van der Waals surface area contributed by atoms with Crippen molar-refractivity contribution in [3.05, 3.63) is 55.0 Å². The zero-order valence-electron chi connectivity index (χ0n) is 10.2. The Hall–Kier alpha value is -0.580. The first-order valence-electron chi connectivity index (χ1n) is 5.73. The number of rotatable bonds is 1. The van der Waals surface area contributed by atoms with Crippen LogP contribution in [0.15, 0.2) is 34.8 Å². The molecule has 0 atom stereocenters. The fourth-order valence-electron chi connectivity index (χ4n) is 1.91. The molecule has 0 fully saturated rings. The molecule has 0 saturated heterocycles. The number of hydrogen-bond donors (Lipinski definition) is 0. The predicted molar refractivity (Wildman–Crippen MR) is 92.7 cm³/mol. The molecule has 1 heterocycles. The lowest BCUT2D eigenvalue weighted by Crippen LogP contribution is -1.93. The third-order valence-corrected chi connectivity index (χ3v) is 4.46. The zero-order valence-corrected chi connectivity index (χ0v) is 14.8. The van der Waals surface area contributed by atoms with E-state index in [9.17, 15) is 0 Å². The maximum Gasteiger partial charge on any atom is 0.163 e. The topological polar surface area (TPSA) is 25.8 Å². The van der Waals surface area contributed by atoms with Crippen LogP contribution in [0.2, 0.25) is 20.2 Å². The van der Waals surface area contributed by atoms with E-state index in [2.05, 4.69) is 25.9 Å². The van der Waals surface area contributed by atoms with Crippen molar-refractivity contribution in [3.63, 3.8) is 0 Å². The highest BCUT2D eigenvalue weighted by Crippen LogP contribution is 2.34. The van der Waals surface area contributed by atoms with Crippen LogP contribution in [0, 0.1) is 0 Å². The van der Waals surface area contributed by atoms with E-state index in [0.717, 1.165) is 4.47 Å². The van der Waals surface area contributed by atoms with Crippen molar-refractivity contribution >= 4 is 73.2 Å². The van der Waals surface area contributed by atoms with Crippen LogP contribution in [-0.2, 0) is 0 Å². The minimum atomic E-state index is 0.274. The molecule has 7 heteroatoms. The van der Waals surface area contributed by atoms with Crippen molar-refractivity contribution in [1.82, 2.24) is 9.97 Å². The number of nitrogens with zero attached hydrogens (tertiary/aromatic N) is 2. The van der Waals surface area contributed by atoms with E-state index in [1.807, 2.05) is 12.1 Å². The highest BCUT2D eigenvalue weighted by atomic mass is 79.9. The second kappa shape index (κ2) is 5.90. The molecule has 0 spiro atoms. The Balaban J connectivity index is 2.33. The van der Waals surface area contributed by atoms with E-state index < -0.39 is 0 Å². The Morgan fingerprint density at radius 2 is 1.62 bits per heavy atom. The summed E-state index contributed by atoms with van der Waals surface area (Å²) >= 11 is 28.0. The quantitative estimate of drug-likeness (QED) is 0.409. The maximum absolute atomic E-state index is 6.22. The molecular weight excluding hydrogens is 418 g/mol. The van der Waals surface area contributed by atoms with E-state index >= 15 is 0 Å². The first kappa shape index (κ1) is 15.3. The minimum Gasteiger partial charge on any atom is -0.226 e. The molecule has 1 aromatic heterocycles. The molecular formula is C14H5BrCl4N2. The molecule has 0 aliphatic rings. The van der Waals surface area contributed by atoms with Crippen LogP contribution in [0.5, 0.6) is 0 Å². The van der Waals surface area contributed by atoms with Gasteiger partial charge in [0.15, 0.2) is 5.82 Å². The van der Waals surface area contributed by atoms with Gasteiger partial charge in [-0.3, -0.25) is 0 Å². The van der Waals surface area contributed by atoms with Crippen LogP contribution in [0.25, 0.3) is 22.3 Å². The molecule has 21 heavy (non-hydrogen) atoms. The van der Waals surface area contributed by atoms with E-state index in [-0.39, 0.29) is 5.15 Å². The molecule has 0 saturated carbocycles. The van der Waals surface area contributed by atoms with Gasteiger partial charge < -0.3 is 0 Å². The summed E-state index contributed by atoms with van der Waals surface area (Å²) in [4.78, 5) is 8.74. The summed E-state index contributed by atoms with van der Waals surface area (Å²) in [5.74, 6) is 0.406.